The predicted octanol–water partition coefficient (Wildman–Crippen LogP) is 1.81. The summed E-state index contributed by atoms with van der Waals surface area (Å²) in [5.74, 6) is 1.70. The number of piperidine rings is 1. The molecule has 3 aromatic rings. The Labute approximate surface area is 184 Å². The van der Waals surface area contributed by atoms with Crippen LogP contribution in [0.4, 0.5) is 23.1 Å². The molecule has 10 heteroatoms. The van der Waals surface area contributed by atoms with Crippen LogP contribution in [0.1, 0.15) is 32.3 Å². The standard InChI is InChI=1S/C22H24N8O2/c1-22(2)14-4-3-13(9-15(14)26-20(22)32)25-21-27-19-18(23-6-8-30(19)28-21)29-7-5-12-11-24-17(31)10-16(12)29/h3-4,6,8-9,12,16H,5,7,10-11H2,1-2H3,(H,24,31)(H,25,28)(H,26,32)/t12-,16?/m1/s1. The molecule has 0 bridgehead atoms. The molecule has 2 atom stereocenters. The first-order chi connectivity index (χ1) is 15.4. The van der Waals surface area contributed by atoms with Gasteiger partial charge in [-0.25, -0.2) is 9.50 Å². The largest absolute Gasteiger partial charge is 0.356 e. The van der Waals surface area contributed by atoms with Crippen molar-refractivity contribution in [2.75, 3.05) is 28.6 Å². The van der Waals surface area contributed by atoms with Gasteiger partial charge in [-0.3, -0.25) is 9.59 Å². The van der Waals surface area contributed by atoms with E-state index in [1.165, 1.54) is 0 Å². The third-order valence-electron chi connectivity index (χ3n) is 6.91. The van der Waals surface area contributed by atoms with Crippen LogP contribution >= 0.6 is 0 Å². The van der Waals surface area contributed by atoms with Crippen molar-refractivity contribution in [2.24, 2.45) is 5.92 Å². The lowest BCUT2D eigenvalue weighted by Gasteiger charge is -2.32. The topological polar surface area (TPSA) is 117 Å². The van der Waals surface area contributed by atoms with Gasteiger partial charge in [0.25, 0.3) is 0 Å². The molecule has 6 rings (SSSR count). The molecule has 3 aliphatic heterocycles. The Bertz CT molecular complexity index is 1270. The number of fused-ring (bicyclic) bond motifs is 3. The molecule has 3 aliphatic rings. The first kappa shape index (κ1) is 19.0. The van der Waals surface area contributed by atoms with E-state index in [2.05, 4.69) is 30.9 Å². The van der Waals surface area contributed by atoms with Gasteiger partial charge >= 0.3 is 0 Å². The Balaban J connectivity index is 1.31. The highest BCUT2D eigenvalue weighted by Crippen LogP contribution is 2.39. The molecule has 3 N–H and O–H groups in total. The maximum Gasteiger partial charge on any atom is 0.247 e. The Morgan fingerprint density at radius 2 is 2.12 bits per heavy atom. The van der Waals surface area contributed by atoms with E-state index in [9.17, 15) is 9.59 Å². The second-order valence-electron chi connectivity index (χ2n) is 9.24. The number of anilines is 4. The fourth-order valence-corrected chi connectivity index (χ4v) is 5.06. The highest BCUT2D eigenvalue weighted by atomic mass is 16.2. The van der Waals surface area contributed by atoms with Crippen LogP contribution in [0.2, 0.25) is 0 Å². The van der Waals surface area contributed by atoms with Crippen LogP contribution in [-0.2, 0) is 15.0 Å². The van der Waals surface area contributed by atoms with Gasteiger partial charge in [-0.05, 0) is 43.9 Å². The minimum Gasteiger partial charge on any atom is -0.356 e. The van der Waals surface area contributed by atoms with Crippen molar-refractivity contribution in [1.29, 1.82) is 0 Å². The minimum atomic E-state index is -0.542. The molecule has 10 nitrogen and oxygen atoms in total. The number of nitrogens with one attached hydrogen (secondary N) is 3. The Morgan fingerprint density at radius 3 is 3.00 bits per heavy atom. The van der Waals surface area contributed by atoms with Crippen LogP contribution in [0.25, 0.3) is 5.65 Å². The zero-order valence-electron chi connectivity index (χ0n) is 17.9. The van der Waals surface area contributed by atoms with Crippen LogP contribution in [0.15, 0.2) is 30.6 Å². The van der Waals surface area contributed by atoms with Gasteiger partial charge in [-0.2, -0.15) is 4.98 Å². The average molecular weight is 432 g/mol. The Hall–Kier alpha value is -3.69. The molecule has 1 aromatic carbocycles. The van der Waals surface area contributed by atoms with Gasteiger partial charge < -0.3 is 20.9 Å². The number of aromatic nitrogens is 4. The molecule has 2 aromatic heterocycles. The van der Waals surface area contributed by atoms with E-state index < -0.39 is 5.41 Å². The number of benzene rings is 1. The smallest absolute Gasteiger partial charge is 0.247 e. The van der Waals surface area contributed by atoms with Crippen LogP contribution in [-0.4, -0.2) is 50.5 Å². The average Bonchev–Trinajstić information content (AvgIpc) is 3.42. The SMILES string of the molecule is CC1(C)C(=O)Nc2cc(Nc3nc4c(N5CC[C@@H]6CNC(=O)CC65)nccn4n3)ccc21. The van der Waals surface area contributed by atoms with Crippen molar-refractivity contribution in [3.63, 3.8) is 0 Å². The van der Waals surface area contributed by atoms with E-state index in [0.717, 1.165) is 35.7 Å². The van der Waals surface area contributed by atoms with Crippen LogP contribution in [0.3, 0.4) is 0 Å². The van der Waals surface area contributed by atoms with Crippen molar-refractivity contribution in [3.05, 3.63) is 36.2 Å². The normalized spacial score (nSPS) is 23.6. The highest BCUT2D eigenvalue weighted by Gasteiger charge is 2.40. The molecule has 2 amide bonds. The molecule has 2 saturated heterocycles. The summed E-state index contributed by atoms with van der Waals surface area (Å²) in [7, 11) is 0. The Morgan fingerprint density at radius 1 is 1.25 bits per heavy atom. The summed E-state index contributed by atoms with van der Waals surface area (Å²) < 4.78 is 1.71. The number of hydrogen-bond donors (Lipinski definition) is 3. The van der Waals surface area contributed by atoms with Gasteiger partial charge in [0, 0.05) is 49.3 Å². The molecule has 32 heavy (non-hydrogen) atoms. The molecule has 5 heterocycles. The van der Waals surface area contributed by atoms with E-state index in [4.69, 9.17) is 4.98 Å². The monoisotopic (exact) mass is 432 g/mol. The summed E-state index contributed by atoms with van der Waals surface area (Å²) in [5.41, 5.74) is 2.67. The van der Waals surface area contributed by atoms with Gasteiger partial charge in [0.15, 0.2) is 11.5 Å². The molecule has 0 spiro atoms. The first-order valence-corrected chi connectivity index (χ1v) is 10.9. The number of amides is 2. The summed E-state index contributed by atoms with van der Waals surface area (Å²) in [5, 5.41) is 13.7. The summed E-state index contributed by atoms with van der Waals surface area (Å²) in [6, 6.07) is 5.92. The van der Waals surface area contributed by atoms with Crippen LogP contribution < -0.4 is 20.9 Å². The van der Waals surface area contributed by atoms with Crippen LogP contribution in [0.5, 0.6) is 0 Å². The van der Waals surface area contributed by atoms with E-state index >= 15 is 0 Å². The predicted molar refractivity (Wildman–Crippen MR) is 119 cm³/mol. The number of nitrogens with zero attached hydrogens (tertiary/aromatic N) is 5. The Kier molecular flexibility index (Phi) is 3.96. The minimum absolute atomic E-state index is 0.00784. The molecular formula is C22H24N8O2. The summed E-state index contributed by atoms with van der Waals surface area (Å²) in [6.45, 7) is 5.39. The maximum absolute atomic E-state index is 12.2. The fraction of sp³-hybridized carbons (Fsp3) is 0.409. The number of hydrogen-bond acceptors (Lipinski definition) is 7. The lowest BCUT2D eigenvalue weighted by atomic mass is 9.86. The second kappa shape index (κ2) is 6.65. The van der Waals surface area contributed by atoms with Crippen molar-refractivity contribution in [1.82, 2.24) is 24.9 Å². The summed E-state index contributed by atoms with van der Waals surface area (Å²) in [4.78, 5) is 35.7. The molecule has 0 saturated carbocycles. The quantitative estimate of drug-likeness (QED) is 0.578. The molecule has 0 radical (unpaired) electrons. The van der Waals surface area contributed by atoms with Gasteiger partial charge in [-0.1, -0.05) is 6.07 Å². The molecule has 1 unspecified atom stereocenters. The second-order valence-corrected chi connectivity index (χ2v) is 9.24. The molecular weight excluding hydrogens is 408 g/mol. The number of carbonyl (C=O) groups is 2. The van der Waals surface area contributed by atoms with Crippen molar-refractivity contribution < 1.29 is 9.59 Å². The summed E-state index contributed by atoms with van der Waals surface area (Å²) in [6.07, 6.45) is 4.97. The van der Waals surface area contributed by atoms with Crippen molar-refractivity contribution >= 4 is 40.6 Å². The lowest BCUT2D eigenvalue weighted by Crippen LogP contribution is -2.47. The third-order valence-corrected chi connectivity index (χ3v) is 6.91. The van der Waals surface area contributed by atoms with Gasteiger partial charge in [0.05, 0.1) is 5.41 Å². The summed E-state index contributed by atoms with van der Waals surface area (Å²) >= 11 is 0. The van der Waals surface area contributed by atoms with Crippen molar-refractivity contribution in [3.8, 4) is 0 Å². The van der Waals surface area contributed by atoms with E-state index in [0.29, 0.717) is 30.5 Å². The third kappa shape index (κ3) is 2.82. The van der Waals surface area contributed by atoms with Gasteiger partial charge in [0.1, 0.15) is 0 Å². The van der Waals surface area contributed by atoms with E-state index in [-0.39, 0.29) is 17.9 Å². The highest BCUT2D eigenvalue weighted by molar-refractivity contribution is 6.06. The number of carbonyl (C=O) groups excluding carboxylic acids is 2. The molecule has 0 aliphatic carbocycles. The van der Waals surface area contributed by atoms with Crippen LogP contribution in [0, 0.1) is 5.92 Å². The molecule has 164 valence electrons. The first-order valence-electron chi connectivity index (χ1n) is 10.9. The fourth-order valence-electron chi connectivity index (χ4n) is 5.06. The lowest BCUT2D eigenvalue weighted by molar-refractivity contribution is -0.123. The zero-order valence-corrected chi connectivity index (χ0v) is 17.9. The molecule has 2 fully saturated rings. The van der Waals surface area contributed by atoms with E-state index in [1.54, 1.807) is 16.9 Å². The number of rotatable bonds is 3. The zero-order chi connectivity index (χ0) is 22.0. The van der Waals surface area contributed by atoms with Crippen molar-refractivity contribution in [2.45, 2.75) is 38.1 Å². The van der Waals surface area contributed by atoms with E-state index in [1.807, 2.05) is 32.0 Å². The maximum atomic E-state index is 12.2. The van der Waals surface area contributed by atoms with Gasteiger partial charge in [0.2, 0.25) is 17.8 Å². The van der Waals surface area contributed by atoms with Gasteiger partial charge in [-0.15, -0.1) is 5.10 Å².